The number of nitrogens with one attached hydrogen (secondary N) is 1. The van der Waals surface area contributed by atoms with Gasteiger partial charge in [-0.05, 0) is 25.1 Å². The van der Waals surface area contributed by atoms with Crippen molar-refractivity contribution >= 4 is 11.7 Å². The third kappa shape index (κ3) is 4.39. The summed E-state index contributed by atoms with van der Waals surface area (Å²) in [6.45, 7) is 10.1. The molecule has 2 rings (SSSR count). The monoisotopic (exact) mass is 291 g/mol. The van der Waals surface area contributed by atoms with Gasteiger partial charge in [0.05, 0.1) is 0 Å². The van der Waals surface area contributed by atoms with Crippen LogP contribution in [0.2, 0.25) is 0 Å². The molecule has 1 N–H and O–H groups in total. The number of carbonyl (C=O) groups is 1. The Hall–Kier alpha value is -1.69. The number of carbonyl (C=O) groups excluding carboxylic acids is 1. The van der Waals surface area contributed by atoms with Crippen LogP contribution in [-0.4, -0.2) is 60.3 Å². The van der Waals surface area contributed by atoms with Gasteiger partial charge in [-0.25, -0.2) is 0 Å². The summed E-state index contributed by atoms with van der Waals surface area (Å²) in [5.74, 6) is 0.717. The van der Waals surface area contributed by atoms with Crippen LogP contribution in [0.3, 0.4) is 0 Å². The second-order valence-electron chi connectivity index (χ2n) is 5.31. The van der Waals surface area contributed by atoms with Crippen LogP contribution in [0, 0.1) is 0 Å². The van der Waals surface area contributed by atoms with E-state index in [0.717, 1.165) is 51.4 Å². The molecule has 0 bridgehead atoms. The number of hydrogen-bond donors (Lipinski definition) is 1. The minimum absolute atomic E-state index is 0.140. The first kappa shape index (κ1) is 15.7. The summed E-state index contributed by atoms with van der Waals surface area (Å²) in [6, 6.07) is 3.65. The first-order valence-electron chi connectivity index (χ1n) is 7.83. The molecule has 1 aliphatic rings. The highest BCUT2D eigenvalue weighted by Gasteiger charge is 2.17. The summed E-state index contributed by atoms with van der Waals surface area (Å²) in [6.07, 6.45) is 2.05. The molecule has 0 aliphatic carbocycles. The van der Waals surface area contributed by atoms with Crippen molar-refractivity contribution < 1.29 is 4.79 Å². The smallest absolute Gasteiger partial charge is 0.271 e. The van der Waals surface area contributed by atoms with E-state index >= 15 is 0 Å². The third-order valence-electron chi connectivity index (χ3n) is 3.84. The molecule has 0 spiro atoms. The molecular weight excluding hydrogens is 266 g/mol. The van der Waals surface area contributed by atoms with Crippen LogP contribution in [0.15, 0.2) is 12.1 Å². The van der Waals surface area contributed by atoms with E-state index in [0.29, 0.717) is 12.2 Å². The van der Waals surface area contributed by atoms with E-state index < -0.39 is 0 Å². The van der Waals surface area contributed by atoms with Crippen molar-refractivity contribution in [3.05, 3.63) is 17.8 Å². The van der Waals surface area contributed by atoms with Crippen molar-refractivity contribution in [1.82, 2.24) is 20.4 Å². The summed E-state index contributed by atoms with van der Waals surface area (Å²) in [5, 5.41) is 11.1. The molecule has 1 aromatic heterocycles. The Morgan fingerprint density at radius 3 is 2.52 bits per heavy atom. The maximum atomic E-state index is 11.9. The van der Waals surface area contributed by atoms with Gasteiger partial charge in [0, 0.05) is 32.7 Å². The minimum Gasteiger partial charge on any atom is -0.353 e. The van der Waals surface area contributed by atoms with Gasteiger partial charge in [-0.2, -0.15) is 0 Å². The average molecular weight is 291 g/mol. The first-order chi connectivity index (χ1) is 10.2. The fraction of sp³-hybridized carbons (Fsp3) is 0.667. The van der Waals surface area contributed by atoms with E-state index in [4.69, 9.17) is 0 Å². The zero-order valence-electron chi connectivity index (χ0n) is 13.0. The van der Waals surface area contributed by atoms with Crippen molar-refractivity contribution in [2.45, 2.75) is 26.7 Å². The molecular formula is C15H25N5O. The molecule has 1 amide bonds. The Bertz CT molecular complexity index is 440. The lowest BCUT2D eigenvalue weighted by Crippen LogP contribution is -2.46. The van der Waals surface area contributed by atoms with Gasteiger partial charge in [0.1, 0.15) is 0 Å². The van der Waals surface area contributed by atoms with Crippen molar-refractivity contribution in [2.75, 3.05) is 44.2 Å². The molecule has 0 atom stereocenters. The van der Waals surface area contributed by atoms with Crippen molar-refractivity contribution in [3.63, 3.8) is 0 Å². The highest BCUT2D eigenvalue weighted by Crippen LogP contribution is 2.12. The SMILES string of the molecule is CCCCNC(=O)c1ccc(N2CCN(CC)CC2)nn1. The van der Waals surface area contributed by atoms with Crippen molar-refractivity contribution in [2.24, 2.45) is 0 Å². The number of aromatic nitrogens is 2. The second-order valence-corrected chi connectivity index (χ2v) is 5.31. The normalized spacial score (nSPS) is 16.0. The lowest BCUT2D eigenvalue weighted by Gasteiger charge is -2.34. The van der Waals surface area contributed by atoms with Crippen LogP contribution in [0.5, 0.6) is 0 Å². The van der Waals surface area contributed by atoms with Gasteiger partial charge in [0.15, 0.2) is 11.5 Å². The Kier molecular flexibility index (Phi) is 5.92. The van der Waals surface area contributed by atoms with Crippen LogP contribution in [0.1, 0.15) is 37.2 Å². The molecule has 1 fully saturated rings. The van der Waals surface area contributed by atoms with E-state index in [1.165, 1.54) is 0 Å². The summed E-state index contributed by atoms with van der Waals surface area (Å²) >= 11 is 0. The standard InChI is InChI=1S/C15H25N5O/c1-3-5-8-16-15(21)13-6-7-14(18-17-13)20-11-9-19(4-2)10-12-20/h6-7H,3-5,8-12H2,1-2H3,(H,16,21). The summed E-state index contributed by atoms with van der Waals surface area (Å²) in [5.41, 5.74) is 0.391. The Morgan fingerprint density at radius 2 is 1.95 bits per heavy atom. The average Bonchev–Trinajstić information content (AvgIpc) is 2.55. The summed E-state index contributed by atoms with van der Waals surface area (Å²) < 4.78 is 0. The number of anilines is 1. The van der Waals surface area contributed by atoms with Gasteiger partial charge >= 0.3 is 0 Å². The molecule has 0 unspecified atom stereocenters. The van der Waals surface area contributed by atoms with E-state index in [2.05, 4.69) is 39.2 Å². The maximum Gasteiger partial charge on any atom is 0.271 e. The molecule has 6 nitrogen and oxygen atoms in total. The second kappa shape index (κ2) is 7.93. The molecule has 0 radical (unpaired) electrons. The van der Waals surface area contributed by atoms with Gasteiger partial charge in [-0.1, -0.05) is 20.3 Å². The largest absolute Gasteiger partial charge is 0.353 e. The van der Waals surface area contributed by atoms with Crippen LogP contribution >= 0.6 is 0 Å². The number of piperazine rings is 1. The maximum absolute atomic E-state index is 11.9. The number of unbranched alkanes of at least 4 members (excludes halogenated alkanes) is 1. The van der Waals surface area contributed by atoms with E-state index in [9.17, 15) is 4.79 Å². The number of hydrogen-bond acceptors (Lipinski definition) is 5. The van der Waals surface area contributed by atoms with Crippen LogP contribution in [-0.2, 0) is 0 Å². The van der Waals surface area contributed by atoms with Crippen LogP contribution in [0.4, 0.5) is 5.82 Å². The minimum atomic E-state index is -0.140. The van der Waals surface area contributed by atoms with Crippen LogP contribution in [0.25, 0.3) is 0 Å². The lowest BCUT2D eigenvalue weighted by molar-refractivity contribution is 0.0947. The number of likely N-dealkylation sites (N-methyl/N-ethyl adjacent to an activating group) is 1. The highest BCUT2D eigenvalue weighted by molar-refractivity contribution is 5.92. The highest BCUT2D eigenvalue weighted by atomic mass is 16.1. The van der Waals surface area contributed by atoms with E-state index in [1.54, 1.807) is 6.07 Å². The third-order valence-corrected chi connectivity index (χ3v) is 3.84. The van der Waals surface area contributed by atoms with Gasteiger partial charge in [0.2, 0.25) is 0 Å². The Morgan fingerprint density at radius 1 is 1.19 bits per heavy atom. The lowest BCUT2D eigenvalue weighted by atomic mass is 10.3. The quantitative estimate of drug-likeness (QED) is 0.797. The van der Waals surface area contributed by atoms with Gasteiger partial charge < -0.3 is 15.1 Å². The van der Waals surface area contributed by atoms with Gasteiger partial charge in [-0.3, -0.25) is 4.79 Å². The zero-order chi connectivity index (χ0) is 15.1. The molecule has 1 aromatic rings. The zero-order valence-corrected chi connectivity index (χ0v) is 13.0. The summed E-state index contributed by atoms with van der Waals surface area (Å²) in [7, 11) is 0. The fourth-order valence-corrected chi connectivity index (χ4v) is 2.38. The Labute approximate surface area is 126 Å². The van der Waals surface area contributed by atoms with E-state index in [1.807, 2.05) is 6.07 Å². The molecule has 1 saturated heterocycles. The molecule has 0 aromatic carbocycles. The number of rotatable bonds is 6. The fourth-order valence-electron chi connectivity index (χ4n) is 2.38. The predicted molar refractivity (Wildman–Crippen MR) is 83.6 cm³/mol. The van der Waals surface area contributed by atoms with E-state index in [-0.39, 0.29) is 5.91 Å². The van der Waals surface area contributed by atoms with Crippen molar-refractivity contribution in [1.29, 1.82) is 0 Å². The molecule has 1 aliphatic heterocycles. The molecule has 6 heteroatoms. The number of nitrogens with zero attached hydrogens (tertiary/aromatic N) is 4. The molecule has 0 saturated carbocycles. The van der Waals surface area contributed by atoms with Crippen LogP contribution < -0.4 is 10.2 Å². The molecule has 116 valence electrons. The van der Waals surface area contributed by atoms with Gasteiger partial charge in [0.25, 0.3) is 5.91 Å². The Balaban J connectivity index is 1.88. The summed E-state index contributed by atoms with van der Waals surface area (Å²) in [4.78, 5) is 16.5. The number of amides is 1. The molecule has 21 heavy (non-hydrogen) atoms. The first-order valence-corrected chi connectivity index (χ1v) is 7.83. The topological polar surface area (TPSA) is 61.4 Å². The van der Waals surface area contributed by atoms with Gasteiger partial charge in [-0.15, -0.1) is 10.2 Å². The van der Waals surface area contributed by atoms with Crippen molar-refractivity contribution in [3.8, 4) is 0 Å². The molecule has 2 heterocycles. The predicted octanol–water partition coefficient (Wildman–Crippen LogP) is 1.15.